The molecule has 0 unspecified atom stereocenters. The minimum absolute atomic E-state index is 0.153. The van der Waals surface area contributed by atoms with Crippen LogP contribution in [0.3, 0.4) is 0 Å². The molecule has 0 heterocycles. The van der Waals surface area contributed by atoms with Crippen LogP contribution in [0.2, 0.25) is 0 Å². The van der Waals surface area contributed by atoms with Crippen LogP contribution in [0.4, 0.5) is 13.2 Å². The van der Waals surface area contributed by atoms with Crippen molar-refractivity contribution in [1.29, 1.82) is 0 Å². The number of hydrogen-bond acceptors (Lipinski definition) is 1. The first-order valence-corrected chi connectivity index (χ1v) is 7.63. The van der Waals surface area contributed by atoms with Crippen molar-refractivity contribution in [3.63, 3.8) is 0 Å². The van der Waals surface area contributed by atoms with Crippen molar-refractivity contribution in [1.82, 2.24) is 0 Å². The lowest BCUT2D eigenvalue weighted by atomic mass is 9.78. The molecule has 120 valence electrons. The highest BCUT2D eigenvalue weighted by atomic mass is 19.4. The summed E-state index contributed by atoms with van der Waals surface area (Å²) >= 11 is 0. The van der Waals surface area contributed by atoms with Gasteiger partial charge in [-0.15, -0.1) is 13.2 Å². The average molecular weight is 310 g/mol. The molecule has 1 saturated carbocycles. The minimum atomic E-state index is -4.63. The van der Waals surface area contributed by atoms with Gasteiger partial charge < -0.3 is 4.74 Å². The van der Waals surface area contributed by atoms with Crippen molar-refractivity contribution < 1.29 is 17.9 Å². The molecule has 22 heavy (non-hydrogen) atoms. The first-order chi connectivity index (χ1) is 10.5. The van der Waals surface area contributed by atoms with Crippen LogP contribution >= 0.6 is 0 Å². The molecule has 0 spiro atoms. The topological polar surface area (TPSA) is 9.23 Å². The summed E-state index contributed by atoms with van der Waals surface area (Å²) in [5.41, 5.74) is 1.10. The SMILES string of the molecule is C/C=C/C=C/C1CCC(c2ccc(OC(F)(F)F)cc2)CC1. The average Bonchev–Trinajstić information content (AvgIpc) is 2.48. The van der Waals surface area contributed by atoms with Crippen molar-refractivity contribution in [3.05, 3.63) is 54.1 Å². The van der Waals surface area contributed by atoms with E-state index in [-0.39, 0.29) is 5.75 Å². The number of hydrogen-bond donors (Lipinski definition) is 0. The fourth-order valence-electron chi connectivity index (χ4n) is 2.92. The molecule has 4 heteroatoms. The Balaban J connectivity index is 1.89. The lowest BCUT2D eigenvalue weighted by Crippen LogP contribution is -2.17. The predicted molar refractivity (Wildman–Crippen MR) is 81.8 cm³/mol. The van der Waals surface area contributed by atoms with Gasteiger partial charge in [0.25, 0.3) is 0 Å². The van der Waals surface area contributed by atoms with E-state index in [2.05, 4.69) is 16.9 Å². The highest BCUT2D eigenvalue weighted by Gasteiger charge is 2.31. The molecule has 2 rings (SSSR count). The minimum Gasteiger partial charge on any atom is -0.406 e. The molecule has 0 saturated heterocycles. The maximum absolute atomic E-state index is 12.1. The van der Waals surface area contributed by atoms with Crippen LogP contribution in [0.25, 0.3) is 0 Å². The number of halogens is 3. The Kier molecular flexibility index (Phi) is 5.69. The molecule has 1 aromatic rings. The highest BCUT2D eigenvalue weighted by molar-refractivity contribution is 5.30. The fourth-order valence-corrected chi connectivity index (χ4v) is 2.92. The number of rotatable bonds is 4. The van der Waals surface area contributed by atoms with Gasteiger partial charge >= 0.3 is 6.36 Å². The standard InChI is InChI=1S/C18H21F3O/c1-2-3-4-5-14-6-8-15(9-7-14)16-10-12-17(13-11-16)22-18(19,20)21/h2-5,10-15H,6-9H2,1H3/b3-2+,5-4+. The van der Waals surface area contributed by atoms with E-state index < -0.39 is 6.36 Å². The number of benzene rings is 1. The summed E-state index contributed by atoms with van der Waals surface area (Å²) < 4.78 is 40.3. The Labute approximate surface area is 129 Å². The molecule has 0 atom stereocenters. The van der Waals surface area contributed by atoms with E-state index in [1.165, 1.54) is 12.1 Å². The normalized spacial score (nSPS) is 23.3. The second-order valence-corrected chi connectivity index (χ2v) is 5.64. The van der Waals surface area contributed by atoms with Gasteiger partial charge in [-0.3, -0.25) is 0 Å². The molecular formula is C18H21F3O. The van der Waals surface area contributed by atoms with E-state index in [1.807, 2.05) is 19.1 Å². The van der Waals surface area contributed by atoms with E-state index in [9.17, 15) is 13.2 Å². The van der Waals surface area contributed by atoms with Gasteiger partial charge in [0.1, 0.15) is 5.75 Å². The van der Waals surface area contributed by atoms with Crippen LogP contribution in [0.1, 0.15) is 44.1 Å². The molecule has 1 nitrogen and oxygen atoms in total. The summed E-state index contributed by atoms with van der Waals surface area (Å²) in [5.74, 6) is 0.894. The summed E-state index contributed by atoms with van der Waals surface area (Å²) in [5, 5.41) is 0. The van der Waals surface area contributed by atoms with Gasteiger partial charge in [-0.2, -0.15) is 0 Å². The van der Waals surface area contributed by atoms with Crippen LogP contribution < -0.4 is 4.74 Å². The second-order valence-electron chi connectivity index (χ2n) is 5.64. The quantitative estimate of drug-likeness (QED) is 0.620. The third-order valence-electron chi connectivity index (χ3n) is 4.04. The van der Waals surface area contributed by atoms with E-state index in [1.54, 1.807) is 12.1 Å². The van der Waals surface area contributed by atoms with E-state index in [0.29, 0.717) is 11.8 Å². The Morgan fingerprint density at radius 2 is 1.64 bits per heavy atom. The second kappa shape index (κ2) is 7.52. The number of alkyl halides is 3. The van der Waals surface area contributed by atoms with Crippen molar-refractivity contribution in [2.45, 2.75) is 44.9 Å². The van der Waals surface area contributed by atoms with Crippen LogP contribution in [-0.4, -0.2) is 6.36 Å². The first-order valence-electron chi connectivity index (χ1n) is 7.63. The maximum Gasteiger partial charge on any atom is 0.573 e. The van der Waals surface area contributed by atoms with Crippen LogP contribution in [0.15, 0.2) is 48.6 Å². The Hall–Kier alpha value is -1.71. The number of ether oxygens (including phenoxy) is 1. The van der Waals surface area contributed by atoms with Crippen LogP contribution in [0.5, 0.6) is 5.75 Å². The molecule has 1 aromatic carbocycles. The van der Waals surface area contributed by atoms with Gasteiger partial charge in [-0.05, 0) is 62.1 Å². The Morgan fingerprint density at radius 3 is 2.18 bits per heavy atom. The summed E-state index contributed by atoms with van der Waals surface area (Å²) in [6.45, 7) is 1.99. The molecule has 0 bridgehead atoms. The van der Waals surface area contributed by atoms with E-state index in [4.69, 9.17) is 0 Å². The van der Waals surface area contributed by atoms with Gasteiger partial charge in [0.15, 0.2) is 0 Å². The summed E-state index contributed by atoms with van der Waals surface area (Å²) in [4.78, 5) is 0. The lowest BCUT2D eigenvalue weighted by molar-refractivity contribution is -0.274. The van der Waals surface area contributed by atoms with Crippen LogP contribution in [-0.2, 0) is 0 Å². The molecule has 0 radical (unpaired) electrons. The fraction of sp³-hybridized carbons (Fsp3) is 0.444. The predicted octanol–water partition coefficient (Wildman–Crippen LogP) is 5.99. The molecular weight excluding hydrogens is 289 g/mol. The zero-order valence-electron chi connectivity index (χ0n) is 12.6. The largest absolute Gasteiger partial charge is 0.573 e. The van der Waals surface area contributed by atoms with Crippen molar-refractivity contribution in [2.75, 3.05) is 0 Å². The molecule has 0 N–H and O–H groups in total. The van der Waals surface area contributed by atoms with Crippen LogP contribution in [0, 0.1) is 5.92 Å². The lowest BCUT2D eigenvalue weighted by Gasteiger charge is -2.27. The van der Waals surface area contributed by atoms with Gasteiger partial charge in [0, 0.05) is 0 Å². The maximum atomic E-state index is 12.1. The highest BCUT2D eigenvalue weighted by Crippen LogP contribution is 2.37. The van der Waals surface area contributed by atoms with Gasteiger partial charge in [0.05, 0.1) is 0 Å². The monoisotopic (exact) mass is 310 g/mol. The summed E-state index contributed by atoms with van der Waals surface area (Å²) in [6.07, 6.45) is 8.15. The molecule has 0 aromatic heterocycles. The van der Waals surface area contributed by atoms with Crippen molar-refractivity contribution in [3.8, 4) is 5.75 Å². The van der Waals surface area contributed by atoms with Gasteiger partial charge in [-0.25, -0.2) is 0 Å². The Bertz CT molecular complexity index is 506. The third-order valence-corrected chi connectivity index (χ3v) is 4.04. The first kappa shape index (κ1) is 16.7. The smallest absolute Gasteiger partial charge is 0.406 e. The molecule has 1 aliphatic carbocycles. The third kappa shape index (κ3) is 5.24. The number of allylic oxidation sites excluding steroid dienone is 4. The molecule has 1 fully saturated rings. The van der Waals surface area contributed by atoms with Gasteiger partial charge in [0.2, 0.25) is 0 Å². The summed E-state index contributed by atoms with van der Waals surface area (Å²) in [6, 6.07) is 6.31. The van der Waals surface area contributed by atoms with E-state index in [0.717, 1.165) is 31.2 Å². The molecule has 0 amide bonds. The van der Waals surface area contributed by atoms with Crippen molar-refractivity contribution in [2.24, 2.45) is 5.92 Å². The zero-order chi connectivity index (χ0) is 16.0. The zero-order valence-corrected chi connectivity index (χ0v) is 12.6. The Morgan fingerprint density at radius 1 is 1.00 bits per heavy atom. The molecule has 1 aliphatic rings. The summed E-state index contributed by atoms with van der Waals surface area (Å²) in [7, 11) is 0. The molecule has 0 aliphatic heterocycles. The van der Waals surface area contributed by atoms with Crippen molar-refractivity contribution >= 4 is 0 Å². The van der Waals surface area contributed by atoms with Gasteiger partial charge in [-0.1, -0.05) is 36.4 Å². The van der Waals surface area contributed by atoms with E-state index >= 15 is 0 Å².